The third-order valence-electron chi connectivity index (χ3n) is 6.15. The minimum absolute atomic E-state index is 0.142. The number of imide groups is 1. The minimum Gasteiger partial charge on any atom is -0.323 e. The molecule has 4 amide bonds. The van der Waals surface area contributed by atoms with Gasteiger partial charge in [-0.3, -0.25) is 14.5 Å². The van der Waals surface area contributed by atoms with Gasteiger partial charge < -0.3 is 10.2 Å². The Hall–Kier alpha value is -2.63. The number of aryl methyl sites for hydroxylation is 1. The second kappa shape index (κ2) is 8.01. The summed E-state index contributed by atoms with van der Waals surface area (Å²) in [5, 5.41) is 2.82. The van der Waals surface area contributed by atoms with Crippen LogP contribution in [0.15, 0.2) is 42.1 Å². The maximum Gasteiger partial charge on any atom is 0.325 e. The van der Waals surface area contributed by atoms with Crippen LogP contribution in [-0.2, 0) is 16.0 Å². The second-order valence-corrected chi connectivity index (χ2v) is 8.58. The molecule has 0 radical (unpaired) electrons. The van der Waals surface area contributed by atoms with Gasteiger partial charge in [0.25, 0.3) is 5.91 Å². The van der Waals surface area contributed by atoms with Gasteiger partial charge in [-0.25, -0.2) is 4.79 Å². The van der Waals surface area contributed by atoms with Crippen molar-refractivity contribution >= 4 is 17.8 Å². The first-order valence-corrected chi connectivity index (χ1v) is 10.7. The van der Waals surface area contributed by atoms with Gasteiger partial charge in [0.05, 0.1) is 0 Å². The lowest BCUT2D eigenvalue weighted by Gasteiger charge is -2.29. The summed E-state index contributed by atoms with van der Waals surface area (Å²) in [6, 6.07) is 9.67. The van der Waals surface area contributed by atoms with E-state index in [1.165, 1.54) is 0 Å². The average Bonchev–Trinajstić information content (AvgIpc) is 3.53. The fourth-order valence-electron chi connectivity index (χ4n) is 4.28. The highest BCUT2D eigenvalue weighted by atomic mass is 16.2. The van der Waals surface area contributed by atoms with E-state index in [2.05, 4.69) is 11.4 Å². The molecule has 1 saturated heterocycles. The van der Waals surface area contributed by atoms with Gasteiger partial charge in [0.1, 0.15) is 12.1 Å². The SMILES string of the molecule is CC1(CCc2ccccc2)NC(=O)N(CC(=O)N(C2=CCCCC2)C2CC2)C1=O. The Bertz CT molecular complexity index is 831. The fourth-order valence-corrected chi connectivity index (χ4v) is 4.28. The minimum atomic E-state index is -0.971. The molecule has 3 aliphatic rings. The standard InChI is InChI=1S/C23H29N3O3/c1-23(15-14-17-8-4-2-5-9-17)21(28)25(22(29)24-23)16-20(27)26(19-12-13-19)18-10-6-3-7-11-18/h2,4-5,8-10,19H,3,6-7,11-16H2,1H3,(H,24,29). The molecule has 2 fully saturated rings. The first-order chi connectivity index (χ1) is 14.0. The van der Waals surface area contributed by atoms with Crippen LogP contribution in [-0.4, -0.2) is 45.8 Å². The van der Waals surface area contributed by atoms with Crippen molar-refractivity contribution in [3.63, 3.8) is 0 Å². The molecular formula is C23H29N3O3. The third-order valence-corrected chi connectivity index (χ3v) is 6.15. The van der Waals surface area contributed by atoms with E-state index in [9.17, 15) is 14.4 Å². The van der Waals surface area contributed by atoms with Crippen LogP contribution in [0.5, 0.6) is 0 Å². The van der Waals surface area contributed by atoms with Crippen molar-refractivity contribution in [3.8, 4) is 0 Å². The van der Waals surface area contributed by atoms with Crippen LogP contribution in [0.4, 0.5) is 4.79 Å². The smallest absolute Gasteiger partial charge is 0.323 e. The summed E-state index contributed by atoms with van der Waals surface area (Å²) < 4.78 is 0. The summed E-state index contributed by atoms with van der Waals surface area (Å²) in [7, 11) is 0. The number of hydrogen-bond acceptors (Lipinski definition) is 3. The Morgan fingerprint density at radius 1 is 1.21 bits per heavy atom. The van der Waals surface area contributed by atoms with Crippen molar-refractivity contribution < 1.29 is 14.4 Å². The number of benzene rings is 1. The molecule has 1 atom stereocenters. The summed E-state index contributed by atoms with van der Waals surface area (Å²) in [4.78, 5) is 41.6. The van der Waals surface area contributed by atoms with Crippen molar-refractivity contribution in [2.24, 2.45) is 0 Å². The summed E-state index contributed by atoms with van der Waals surface area (Å²) in [5.74, 6) is -0.448. The molecule has 1 saturated carbocycles. The lowest BCUT2D eigenvalue weighted by atomic mass is 9.93. The Balaban J connectivity index is 1.43. The van der Waals surface area contributed by atoms with Crippen LogP contribution < -0.4 is 5.32 Å². The van der Waals surface area contributed by atoms with Crippen LogP contribution in [0.3, 0.4) is 0 Å². The van der Waals surface area contributed by atoms with Crippen molar-refractivity contribution in [1.82, 2.24) is 15.1 Å². The van der Waals surface area contributed by atoms with E-state index in [4.69, 9.17) is 0 Å². The maximum absolute atomic E-state index is 13.1. The molecule has 6 nitrogen and oxygen atoms in total. The highest BCUT2D eigenvalue weighted by molar-refractivity contribution is 6.08. The van der Waals surface area contributed by atoms with Gasteiger partial charge in [0.2, 0.25) is 5.91 Å². The van der Waals surface area contributed by atoms with Gasteiger partial charge in [0.15, 0.2) is 0 Å². The quantitative estimate of drug-likeness (QED) is 0.720. The number of allylic oxidation sites excluding steroid dienone is 2. The highest BCUT2D eigenvalue weighted by Gasteiger charge is 2.48. The molecule has 2 aliphatic carbocycles. The molecule has 0 aromatic heterocycles. The Kier molecular flexibility index (Phi) is 5.43. The Morgan fingerprint density at radius 3 is 2.62 bits per heavy atom. The molecule has 1 aliphatic heterocycles. The molecule has 1 aromatic rings. The molecule has 1 unspecified atom stereocenters. The molecule has 4 rings (SSSR count). The largest absolute Gasteiger partial charge is 0.325 e. The van der Waals surface area contributed by atoms with Crippen LogP contribution in [0.25, 0.3) is 0 Å². The van der Waals surface area contributed by atoms with Crippen LogP contribution in [0.1, 0.15) is 57.4 Å². The maximum atomic E-state index is 13.1. The zero-order chi connectivity index (χ0) is 20.4. The topological polar surface area (TPSA) is 69.7 Å². The summed E-state index contributed by atoms with van der Waals surface area (Å²) in [6.45, 7) is 1.57. The third kappa shape index (κ3) is 4.21. The summed E-state index contributed by atoms with van der Waals surface area (Å²) in [5.41, 5.74) is 1.22. The van der Waals surface area contributed by atoms with Crippen molar-refractivity contribution in [2.45, 2.75) is 69.9 Å². The molecule has 0 spiro atoms. The van der Waals surface area contributed by atoms with Gasteiger partial charge in [-0.2, -0.15) is 0 Å². The molecule has 29 heavy (non-hydrogen) atoms. The van der Waals surface area contributed by atoms with E-state index in [0.717, 1.165) is 54.7 Å². The molecule has 0 bridgehead atoms. The van der Waals surface area contributed by atoms with Gasteiger partial charge in [-0.15, -0.1) is 0 Å². The van der Waals surface area contributed by atoms with E-state index < -0.39 is 11.6 Å². The number of nitrogens with zero attached hydrogens (tertiary/aromatic N) is 2. The van der Waals surface area contributed by atoms with E-state index >= 15 is 0 Å². The summed E-state index contributed by atoms with van der Waals surface area (Å²) >= 11 is 0. The number of carbonyl (C=O) groups is 3. The van der Waals surface area contributed by atoms with Crippen LogP contribution >= 0.6 is 0 Å². The Labute approximate surface area is 171 Å². The van der Waals surface area contributed by atoms with Gasteiger partial charge >= 0.3 is 6.03 Å². The van der Waals surface area contributed by atoms with E-state index in [1.54, 1.807) is 6.92 Å². The van der Waals surface area contributed by atoms with E-state index in [0.29, 0.717) is 12.8 Å². The molecule has 1 aromatic carbocycles. The van der Waals surface area contributed by atoms with Crippen LogP contribution in [0, 0.1) is 0 Å². The fraction of sp³-hybridized carbons (Fsp3) is 0.522. The predicted molar refractivity (Wildman–Crippen MR) is 110 cm³/mol. The number of urea groups is 1. The number of rotatable bonds is 7. The molecule has 1 heterocycles. The zero-order valence-electron chi connectivity index (χ0n) is 17.0. The lowest BCUT2D eigenvalue weighted by molar-refractivity contribution is -0.138. The van der Waals surface area contributed by atoms with E-state index in [1.807, 2.05) is 35.2 Å². The number of amides is 4. The molecule has 154 valence electrons. The molecular weight excluding hydrogens is 366 g/mol. The molecule has 1 N–H and O–H groups in total. The first-order valence-electron chi connectivity index (χ1n) is 10.7. The predicted octanol–water partition coefficient (Wildman–Crippen LogP) is 3.38. The van der Waals surface area contributed by atoms with Crippen molar-refractivity contribution in [3.05, 3.63) is 47.7 Å². The number of nitrogens with one attached hydrogen (secondary N) is 1. The van der Waals surface area contributed by atoms with Gasteiger partial charge in [0, 0.05) is 11.7 Å². The van der Waals surface area contributed by atoms with Crippen molar-refractivity contribution in [1.29, 1.82) is 0 Å². The monoisotopic (exact) mass is 395 g/mol. The zero-order valence-corrected chi connectivity index (χ0v) is 17.0. The molecule has 6 heteroatoms. The van der Waals surface area contributed by atoms with E-state index in [-0.39, 0.29) is 24.4 Å². The van der Waals surface area contributed by atoms with Gasteiger partial charge in [-0.1, -0.05) is 36.4 Å². The van der Waals surface area contributed by atoms with Crippen molar-refractivity contribution in [2.75, 3.05) is 6.54 Å². The summed E-state index contributed by atoms with van der Waals surface area (Å²) in [6.07, 6.45) is 9.47. The highest BCUT2D eigenvalue weighted by Crippen LogP contribution is 2.34. The normalized spacial score (nSPS) is 24.3. The number of hydrogen-bond donors (Lipinski definition) is 1. The van der Waals surface area contributed by atoms with Crippen LogP contribution in [0.2, 0.25) is 0 Å². The second-order valence-electron chi connectivity index (χ2n) is 8.58. The lowest BCUT2D eigenvalue weighted by Crippen LogP contribution is -2.46. The average molecular weight is 396 g/mol. The van der Waals surface area contributed by atoms with Gasteiger partial charge in [-0.05, 0) is 63.9 Å². The Morgan fingerprint density at radius 2 is 1.97 bits per heavy atom. The number of carbonyl (C=O) groups excluding carboxylic acids is 3. The first kappa shape index (κ1) is 19.7.